The van der Waals surface area contributed by atoms with Crippen molar-refractivity contribution < 1.29 is 14.3 Å². The number of aromatic nitrogens is 3. The third-order valence-corrected chi connectivity index (χ3v) is 3.63. The molecule has 1 aliphatic carbocycles. The van der Waals surface area contributed by atoms with E-state index in [0.717, 1.165) is 18.5 Å². The molecule has 0 unspecified atom stereocenters. The minimum Gasteiger partial charge on any atom is -0.464 e. The van der Waals surface area contributed by atoms with Crippen LogP contribution in [0, 0.1) is 0 Å². The highest BCUT2D eigenvalue weighted by Gasteiger charge is 2.25. The second kappa shape index (κ2) is 6.65. The first-order valence-corrected chi connectivity index (χ1v) is 6.79. The zero-order chi connectivity index (χ0) is 13.7. The zero-order valence-corrected chi connectivity index (χ0v) is 11.6. The average Bonchev–Trinajstić information content (AvgIpc) is 2.89. The van der Waals surface area contributed by atoms with E-state index in [0.29, 0.717) is 24.8 Å². The molecule has 0 amide bonds. The monoisotopic (exact) mass is 267 g/mol. The van der Waals surface area contributed by atoms with Crippen LogP contribution in [0.3, 0.4) is 0 Å². The van der Waals surface area contributed by atoms with Crippen molar-refractivity contribution in [3.8, 4) is 0 Å². The van der Waals surface area contributed by atoms with E-state index in [9.17, 15) is 4.79 Å². The van der Waals surface area contributed by atoms with Crippen molar-refractivity contribution in [2.45, 2.75) is 44.6 Å². The summed E-state index contributed by atoms with van der Waals surface area (Å²) in [5.41, 5.74) is 1.16. The zero-order valence-electron chi connectivity index (χ0n) is 11.6. The molecule has 1 aromatic heterocycles. The summed E-state index contributed by atoms with van der Waals surface area (Å²) in [6.45, 7) is 0.546. The molecule has 6 heteroatoms. The predicted molar refractivity (Wildman–Crippen MR) is 69.1 cm³/mol. The first-order chi connectivity index (χ1) is 9.27. The van der Waals surface area contributed by atoms with Gasteiger partial charge in [0.05, 0.1) is 25.5 Å². The molecule has 0 radical (unpaired) electrons. The van der Waals surface area contributed by atoms with Crippen molar-refractivity contribution in [3.63, 3.8) is 0 Å². The Kier molecular flexibility index (Phi) is 4.90. The molecule has 0 atom stereocenters. The van der Waals surface area contributed by atoms with Gasteiger partial charge in [0.25, 0.3) is 0 Å². The second-order valence-corrected chi connectivity index (χ2v) is 4.86. The lowest BCUT2D eigenvalue weighted by Crippen LogP contribution is -2.19. The first kappa shape index (κ1) is 14.0. The smallest absolute Gasteiger partial charge is 0.360 e. The van der Waals surface area contributed by atoms with Gasteiger partial charge in [0, 0.05) is 13.5 Å². The molecule has 106 valence electrons. The van der Waals surface area contributed by atoms with Crippen LogP contribution >= 0.6 is 0 Å². The molecule has 6 nitrogen and oxygen atoms in total. The van der Waals surface area contributed by atoms with Gasteiger partial charge < -0.3 is 9.47 Å². The molecule has 0 N–H and O–H groups in total. The highest BCUT2D eigenvalue weighted by Crippen LogP contribution is 2.29. The quantitative estimate of drug-likeness (QED) is 0.760. The van der Waals surface area contributed by atoms with Crippen LogP contribution in [0.5, 0.6) is 0 Å². The van der Waals surface area contributed by atoms with Crippen LogP contribution in [0.15, 0.2) is 0 Å². The Labute approximate surface area is 113 Å². The summed E-state index contributed by atoms with van der Waals surface area (Å²) in [5.74, 6) is -0.423. The Morgan fingerprint density at radius 1 is 1.32 bits per heavy atom. The van der Waals surface area contributed by atoms with Gasteiger partial charge in [0.1, 0.15) is 0 Å². The van der Waals surface area contributed by atoms with Gasteiger partial charge >= 0.3 is 5.97 Å². The van der Waals surface area contributed by atoms with E-state index >= 15 is 0 Å². The maximum absolute atomic E-state index is 11.7. The summed E-state index contributed by atoms with van der Waals surface area (Å²) in [6, 6.07) is 0.353. The molecule has 2 rings (SSSR count). The van der Waals surface area contributed by atoms with Crippen LogP contribution < -0.4 is 0 Å². The van der Waals surface area contributed by atoms with Gasteiger partial charge in [0.2, 0.25) is 0 Å². The number of hydrogen-bond acceptors (Lipinski definition) is 5. The van der Waals surface area contributed by atoms with Crippen molar-refractivity contribution in [3.05, 3.63) is 11.4 Å². The van der Waals surface area contributed by atoms with E-state index in [1.165, 1.54) is 26.4 Å². The Morgan fingerprint density at radius 3 is 2.68 bits per heavy atom. The fraction of sp³-hybridized carbons (Fsp3) is 0.769. The molecule has 0 aromatic carbocycles. The van der Waals surface area contributed by atoms with Gasteiger partial charge in [-0.2, -0.15) is 0 Å². The number of carbonyl (C=O) groups is 1. The molecule has 1 saturated carbocycles. The van der Waals surface area contributed by atoms with Crippen LogP contribution in [0.2, 0.25) is 0 Å². The summed E-state index contributed by atoms with van der Waals surface area (Å²) in [5, 5.41) is 8.17. The Hall–Kier alpha value is -1.43. The van der Waals surface area contributed by atoms with Gasteiger partial charge in [-0.25, -0.2) is 9.48 Å². The normalized spacial score (nSPS) is 16.5. The molecule has 19 heavy (non-hydrogen) atoms. The van der Waals surface area contributed by atoms with Gasteiger partial charge in [-0.3, -0.25) is 0 Å². The van der Waals surface area contributed by atoms with Crippen molar-refractivity contribution in [2.24, 2.45) is 0 Å². The van der Waals surface area contributed by atoms with E-state index < -0.39 is 5.97 Å². The topological polar surface area (TPSA) is 66.2 Å². The SMILES string of the molecule is COCCc1c(C(=O)OC)nnn1C1CCCCC1. The predicted octanol–water partition coefficient (Wildman–Crippen LogP) is 1.76. The largest absolute Gasteiger partial charge is 0.464 e. The molecule has 0 aliphatic heterocycles. The van der Waals surface area contributed by atoms with Gasteiger partial charge in [-0.1, -0.05) is 24.5 Å². The Balaban J connectivity index is 2.25. The summed E-state index contributed by atoms with van der Waals surface area (Å²) in [7, 11) is 3.01. The van der Waals surface area contributed by atoms with Gasteiger partial charge in [-0.05, 0) is 12.8 Å². The van der Waals surface area contributed by atoms with Crippen LogP contribution in [0.1, 0.15) is 54.3 Å². The van der Waals surface area contributed by atoms with Crippen LogP contribution in [0.4, 0.5) is 0 Å². The summed E-state index contributed by atoms with van der Waals surface area (Å²) in [6.07, 6.45) is 6.53. The van der Waals surface area contributed by atoms with Gasteiger partial charge in [-0.15, -0.1) is 5.10 Å². The van der Waals surface area contributed by atoms with Crippen molar-refractivity contribution >= 4 is 5.97 Å². The molecule has 0 spiro atoms. The molecule has 0 bridgehead atoms. The lowest BCUT2D eigenvalue weighted by molar-refractivity contribution is 0.0592. The molecule has 1 aliphatic rings. The number of methoxy groups -OCH3 is 2. The highest BCUT2D eigenvalue weighted by molar-refractivity contribution is 5.88. The number of rotatable bonds is 5. The third kappa shape index (κ3) is 3.12. The number of carbonyl (C=O) groups excluding carboxylic acids is 1. The lowest BCUT2D eigenvalue weighted by atomic mass is 9.95. The number of esters is 1. The summed E-state index contributed by atoms with van der Waals surface area (Å²) in [4.78, 5) is 11.7. The number of nitrogens with zero attached hydrogens (tertiary/aromatic N) is 3. The molecule has 1 fully saturated rings. The van der Waals surface area contributed by atoms with Crippen molar-refractivity contribution in [1.29, 1.82) is 0 Å². The van der Waals surface area contributed by atoms with Crippen LogP contribution in [0.25, 0.3) is 0 Å². The Bertz CT molecular complexity index is 425. The standard InChI is InChI=1S/C13H21N3O3/c1-18-9-8-11-12(13(17)19-2)14-15-16(11)10-6-4-3-5-7-10/h10H,3-9H2,1-2H3. The lowest BCUT2D eigenvalue weighted by Gasteiger charge is -2.23. The van der Waals surface area contributed by atoms with E-state index in [2.05, 4.69) is 10.3 Å². The van der Waals surface area contributed by atoms with Crippen LogP contribution in [-0.2, 0) is 15.9 Å². The molecular formula is C13H21N3O3. The van der Waals surface area contributed by atoms with E-state index in [1.54, 1.807) is 7.11 Å². The number of ether oxygens (including phenoxy) is 2. The molecule has 1 heterocycles. The fourth-order valence-electron chi connectivity index (χ4n) is 2.62. The minimum atomic E-state index is -0.423. The first-order valence-electron chi connectivity index (χ1n) is 6.79. The summed E-state index contributed by atoms with van der Waals surface area (Å²) >= 11 is 0. The molecular weight excluding hydrogens is 246 g/mol. The van der Waals surface area contributed by atoms with Crippen molar-refractivity contribution in [1.82, 2.24) is 15.0 Å². The summed E-state index contributed by atoms with van der Waals surface area (Å²) < 4.78 is 11.8. The average molecular weight is 267 g/mol. The maximum atomic E-state index is 11.7. The minimum absolute atomic E-state index is 0.324. The molecule has 0 saturated heterocycles. The van der Waals surface area contributed by atoms with E-state index in [1.807, 2.05) is 4.68 Å². The highest BCUT2D eigenvalue weighted by atomic mass is 16.5. The number of hydrogen-bond donors (Lipinski definition) is 0. The van der Waals surface area contributed by atoms with Gasteiger partial charge in [0.15, 0.2) is 5.69 Å². The second-order valence-electron chi connectivity index (χ2n) is 4.86. The molecule has 1 aromatic rings. The third-order valence-electron chi connectivity index (χ3n) is 3.63. The van der Waals surface area contributed by atoms with E-state index in [4.69, 9.17) is 9.47 Å². The van der Waals surface area contributed by atoms with Crippen LogP contribution in [-0.4, -0.2) is 41.8 Å². The van der Waals surface area contributed by atoms with Crippen molar-refractivity contribution in [2.75, 3.05) is 20.8 Å². The maximum Gasteiger partial charge on any atom is 0.360 e. The fourth-order valence-corrected chi connectivity index (χ4v) is 2.62. The Morgan fingerprint density at radius 2 is 2.05 bits per heavy atom. The van der Waals surface area contributed by atoms with E-state index in [-0.39, 0.29) is 0 Å².